The zero-order valence-corrected chi connectivity index (χ0v) is 8.08. The van der Waals surface area contributed by atoms with Crippen LogP contribution in [0.2, 0.25) is 0 Å². The monoisotopic (exact) mass is 184 g/mol. The van der Waals surface area contributed by atoms with Crippen molar-refractivity contribution in [2.75, 3.05) is 6.61 Å². The summed E-state index contributed by atoms with van der Waals surface area (Å²) >= 11 is 0. The van der Waals surface area contributed by atoms with Gasteiger partial charge in [0, 0.05) is 6.08 Å². The van der Waals surface area contributed by atoms with Crippen molar-refractivity contribution >= 4 is 5.97 Å². The number of carboxylic acid groups (broad SMARTS) is 1. The van der Waals surface area contributed by atoms with Crippen molar-refractivity contribution in [2.45, 2.75) is 26.7 Å². The van der Waals surface area contributed by atoms with E-state index in [1.165, 1.54) is 6.08 Å². The molecular formula is C10H16O3. The zero-order valence-electron chi connectivity index (χ0n) is 8.08. The Morgan fingerprint density at radius 2 is 1.92 bits per heavy atom. The highest BCUT2D eigenvalue weighted by molar-refractivity contribution is 5.80. The molecule has 0 saturated heterocycles. The number of aliphatic hydroxyl groups excluding tert-OH is 1. The third-order valence-corrected chi connectivity index (χ3v) is 1.65. The van der Waals surface area contributed by atoms with Crippen molar-refractivity contribution in [3.05, 3.63) is 23.3 Å². The second kappa shape index (κ2) is 6.43. The van der Waals surface area contributed by atoms with E-state index in [1.54, 1.807) is 6.92 Å². The van der Waals surface area contributed by atoms with Crippen LogP contribution in [0.15, 0.2) is 23.3 Å². The van der Waals surface area contributed by atoms with Crippen molar-refractivity contribution in [2.24, 2.45) is 0 Å². The first-order valence-electron chi connectivity index (χ1n) is 4.23. The second-order valence-corrected chi connectivity index (χ2v) is 3.08. The van der Waals surface area contributed by atoms with Gasteiger partial charge in [-0.2, -0.15) is 0 Å². The van der Waals surface area contributed by atoms with Crippen LogP contribution >= 0.6 is 0 Å². The fraction of sp³-hybridized carbons (Fsp3) is 0.500. The average Bonchev–Trinajstić information content (AvgIpc) is 2.02. The molecular weight excluding hydrogens is 168 g/mol. The summed E-state index contributed by atoms with van der Waals surface area (Å²) in [6.45, 7) is 3.70. The van der Waals surface area contributed by atoms with Crippen LogP contribution in [0.3, 0.4) is 0 Å². The van der Waals surface area contributed by atoms with E-state index in [2.05, 4.69) is 0 Å². The Morgan fingerprint density at radius 3 is 2.38 bits per heavy atom. The van der Waals surface area contributed by atoms with Crippen molar-refractivity contribution in [1.82, 2.24) is 0 Å². The summed E-state index contributed by atoms with van der Waals surface area (Å²) in [4.78, 5) is 10.2. The predicted octanol–water partition coefficient (Wildman–Crippen LogP) is 1.74. The van der Waals surface area contributed by atoms with E-state index >= 15 is 0 Å². The lowest BCUT2D eigenvalue weighted by Crippen LogP contribution is -1.90. The summed E-state index contributed by atoms with van der Waals surface area (Å²) in [5, 5.41) is 17.1. The molecule has 2 N–H and O–H groups in total. The molecule has 0 saturated carbocycles. The van der Waals surface area contributed by atoms with Crippen molar-refractivity contribution < 1.29 is 15.0 Å². The lowest BCUT2D eigenvalue weighted by atomic mass is 10.1. The van der Waals surface area contributed by atoms with Crippen LogP contribution in [0.25, 0.3) is 0 Å². The van der Waals surface area contributed by atoms with Gasteiger partial charge in [-0.15, -0.1) is 0 Å². The summed E-state index contributed by atoms with van der Waals surface area (Å²) < 4.78 is 0. The maximum absolute atomic E-state index is 10.2. The molecule has 3 heteroatoms. The van der Waals surface area contributed by atoms with E-state index in [0.29, 0.717) is 0 Å². The van der Waals surface area contributed by atoms with Gasteiger partial charge in [0.2, 0.25) is 0 Å². The van der Waals surface area contributed by atoms with Crippen LogP contribution in [0.1, 0.15) is 26.7 Å². The van der Waals surface area contributed by atoms with Gasteiger partial charge in [0.15, 0.2) is 0 Å². The lowest BCUT2D eigenvalue weighted by molar-refractivity contribution is -0.131. The number of allylic oxidation sites excluding steroid dienone is 2. The Kier molecular flexibility index (Phi) is 5.89. The largest absolute Gasteiger partial charge is 0.478 e. The summed E-state index contributed by atoms with van der Waals surface area (Å²) in [6, 6.07) is 0. The molecule has 0 aliphatic carbocycles. The first-order valence-corrected chi connectivity index (χ1v) is 4.23. The van der Waals surface area contributed by atoms with Crippen LogP contribution in [-0.2, 0) is 4.79 Å². The third-order valence-electron chi connectivity index (χ3n) is 1.65. The minimum absolute atomic E-state index is 0.0711. The first-order chi connectivity index (χ1) is 6.06. The highest BCUT2D eigenvalue weighted by Gasteiger charge is 1.93. The topological polar surface area (TPSA) is 57.5 Å². The van der Waals surface area contributed by atoms with Gasteiger partial charge in [-0.05, 0) is 26.7 Å². The van der Waals surface area contributed by atoms with E-state index in [4.69, 9.17) is 10.2 Å². The molecule has 74 valence electrons. The van der Waals surface area contributed by atoms with Crippen LogP contribution in [-0.4, -0.2) is 22.8 Å². The summed E-state index contributed by atoms with van der Waals surface area (Å²) in [6.07, 6.45) is 4.63. The van der Waals surface area contributed by atoms with Crippen molar-refractivity contribution in [3.63, 3.8) is 0 Å². The van der Waals surface area contributed by atoms with Gasteiger partial charge in [-0.25, -0.2) is 4.79 Å². The Hall–Kier alpha value is -1.09. The van der Waals surface area contributed by atoms with Crippen molar-refractivity contribution in [1.29, 1.82) is 0 Å². The maximum Gasteiger partial charge on any atom is 0.328 e. The van der Waals surface area contributed by atoms with Crippen LogP contribution < -0.4 is 0 Å². The van der Waals surface area contributed by atoms with Crippen LogP contribution in [0, 0.1) is 0 Å². The van der Waals surface area contributed by atoms with Gasteiger partial charge < -0.3 is 10.2 Å². The van der Waals surface area contributed by atoms with E-state index in [-0.39, 0.29) is 6.61 Å². The standard InChI is InChI=1S/C10H16O3/c1-8(6-10(12)13)4-3-5-9(2)7-11/h5-6,11H,3-4,7H2,1-2H3,(H,12,13)/b8-6-,9-5?. The molecule has 0 rings (SSSR count). The fourth-order valence-electron chi connectivity index (χ4n) is 0.894. The maximum atomic E-state index is 10.2. The molecule has 0 aliphatic heterocycles. The average molecular weight is 184 g/mol. The molecule has 0 unspecified atom stereocenters. The Balaban J connectivity index is 3.83. The van der Waals surface area contributed by atoms with Gasteiger partial charge in [-0.1, -0.05) is 17.2 Å². The minimum Gasteiger partial charge on any atom is -0.478 e. The minimum atomic E-state index is -0.902. The number of aliphatic carboxylic acids is 1. The molecule has 0 heterocycles. The quantitative estimate of drug-likeness (QED) is 0.505. The molecule has 13 heavy (non-hydrogen) atoms. The molecule has 0 radical (unpaired) electrons. The van der Waals surface area contributed by atoms with Gasteiger partial charge in [0.1, 0.15) is 0 Å². The molecule has 0 aliphatic rings. The Bertz CT molecular complexity index is 226. The number of aliphatic hydroxyl groups is 1. The normalized spacial score (nSPS) is 13.2. The Labute approximate surface area is 78.4 Å². The summed E-state index contributed by atoms with van der Waals surface area (Å²) in [7, 11) is 0. The van der Waals surface area contributed by atoms with Crippen LogP contribution in [0.5, 0.6) is 0 Å². The molecule has 0 atom stereocenters. The highest BCUT2D eigenvalue weighted by atomic mass is 16.4. The number of carboxylic acids is 1. The van der Waals surface area contributed by atoms with E-state index in [9.17, 15) is 4.79 Å². The van der Waals surface area contributed by atoms with Gasteiger partial charge in [0.25, 0.3) is 0 Å². The number of hydrogen-bond acceptors (Lipinski definition) is 2. The molecule has 0 spiro atoms. The zero-order chi connectivity index (χ0) is 10.3. The third kappa shape index (κ3) is 7.28. The number of carbonyl (C=O) groups is 1. The Morgan fingerprint density at radius 1 is 1.31 bits per heavy atom. The van der Waals surface area contributed by atoms with Gasteiger partial charge in [-0.3, -0.25) is 0 Å². The molecule has 0 fully saturated rings. The van der Waals surface area contributed by atoms with Crippen LogP contribution in [0.4, 0.5) is 0 Å². The summed E-state index contributed by atoms with van der Waals surface area (Å²) in [5.41, 5.74) is 1.76. The number of rotatable bonds is 5. The molecule has 0 aromatic carbocycles. The van der Waals surface area contributed by atoms with Crippen molar-refractivity contribution in [3.8, 4) is 0 Å². The van der Waals surface area contributed by atoms with E-state index in [1.807, 2.05) is 13.0 Å². The molecule has 0 bridgehead atoms. The second-order valence-electron chi connectivity index (χ2n) is 3.08. The first kappa shape index (κ1) is 11.9. The fourth-order valence-corrected chi connectivity index (χ4v) is 0.894. The molecule has 3 nitrogen and oxygen atoms in total. The van der Waals surface area contributed by atoms with Gasteiger partial charge >= 0.3 is 5.97 Å². The SMILES string of the molecule is CC(=CCC/C(C)=C\C(=O)O)CO. The molecule has 0 aromatic heterocycles. The van der Waals surface area contributed by atoms with E-state index in [0.717, 1.165) is 24.0 Å². The van der Waals surface area contributed by atoms with Gasteiger partial charge in [0.05, 0.1) is 6.61 Å². The predicted molar refractivity (Wildman–Crippen MR) is 51.5 cm³/mol. The molecule has 0 aromatic rings. The smallest absolute Gasteiger partial charge is 0.328 e. The van der Waals surface area contributed by atoms with E-state index < -0.39 is 5.97 Å². The molecule has 0 amide bonds. The summed E-state index contributed by atoms with van der Waals surface area (Å²) in [5.74, 6) is -0.902. The highest BCUT2D eigenvalue weighted by Crippen LogP contribution is 2.06. The lowest BCUT2D eigenvalue weighted by Gasteiger charge is -1.97. The number of hydrogen-bond donors (Lipinski definition) is 2.